The number of hydrogen-bond acceptors (Lipinski definition) is 10. The first-order valence-electron chi connectivity index (χ1n) is 11.5. The molecule has 0 radical (unpaired) electrons. The van der Waals surface area contributed by atoms with Gasteiger partial charge < -0.3 is 14.8 Å². The summed E-state index contributed by atoms with van der Waals surface area (Å²) in [6.45, 7) is 1.44. The lowest BCUT2D eigenvalue weighted by atomic mass is 10.1. The number of anilines is 1. The molecule has 1 aliphatic heterocycles. The molecule has 1 heterocycles. The Kier molecular flexibility index (Phi) is 8.09. The third-order valence-corrected chi connectivity index (χ3v) is 6.47. The van der Waals surface area contributed by atoms with Gasteiger partial charge in [0.05, 0.1) is 27.9 Å². The van der Waals surface area contributed by atoms with Crippen molar-refractivity contribution in [1.29, 1.82) is 0 Å². The molecule has 1 aliphatic rings. The van der Waals surface area contributed by atoms with E-state index in [9.17, 15) is 34.6 Å². The van der Waals surface area contributed by atoms with Crippen LogP contribution in [0.3, 0.4) is 0 Å². The number of methoxy groups -OCH3 is 1. The summed E-state index contributed by atoms with van der Waals surface area (Å²) in [5.74, 6) is -1.21. The molecule has 204 valence electrons. The number of carbonyl (C=O) groups excluding carboxylic acids is 3. The number of nitrogens with one attached hydrogen (secondary N) is 1. The summed E-state index contributed by atoms with van der Waals surface area (Å²) in [5.41, 5.74) is 0.907. The number of nitrogens with zero attached hydrogens (tertiary/aromatic N) is 3. The Hall–Kier alpha value is -5.24. The maximum absolute atomic E-state index is 12.9. The predicted molar refractivity (Wildman–Crippen MR) is 145 cm³/mol. The first-order valence-corrected chi connectivity index (χ1v) is 12.3. The molecule has 14 heteroatoms. The normalized spacial score (nSPS) is 13.8. The van der Waals surface area contributed by atoms with Gasteiger partial charge in [-0.3, -0.25) is 39.5 Å². The molecule has 0 aromatic heterocycles. The Labute approximate surface area is 230 Å². The fourth-order valence-electron chi connectivity index (χ4n) is 3.59. The number of imide groups is 1. The summed E-state index contributed by atoms with van der Waals surface area (Å²) >= 11 is 0.672. The largest absolute Gasteiger partial charge is 0.493 e. The molecular weight excluding hydrogens is 544 g/mol. The highest BCUT2D eigenvalue weighted by Gasteiger charge is 2.36. The van der Waals surface area contributed by atoms with Crippen molar-refractivity contribution in [3.05, 3.63) is 96.9 Å². The molecule has 0 unspecified atom stereocenters. The molecule has 0 atom stereocenters. The highest BCUT2D eigenvalue weighted by molar-refractivity contribution is 8.18. The van der Waals surface area contributed by atoms with Crippen LogP contribution in [0.2, 0.25) is 0 Å². The van der Waals surface area contributed by atoms with E-state index in [4.69, 9.17) is 9.47 Å². The summed E-state index contributed by atoms with van der Waals surface area (Å²) < 4.78 is 10.9. The molecule has 0 bridgehead atoms. The average molecular weight is 565 g/mol. The van der Waals surface area contributed by atoms with E-state index in [1.165, 1.54) is 31.4 Å². The summed E-state index contributed by atoms with van der Waals surface area (Å²) in [6.07, 6.45) is 1.43. The molecule has 3 aromatic carbocycles. The smallest absolute Gasteiger partial charge is 0.318 e. The van der Waals surface area contributed by atoms with Crippen molar-refractivity contribution in [2.24, 2.45) is 0 Å². The van der Waals surface area contributed by atoms with Gasteiger partial charge in [-0.1, -0.05) is 23.8 Å². The topological polar surface area (TPSA) is 171 Å². The van der Waals surface area contributed by atoms with Crippen LogP contribution in [0.5, 0.6) is 17.2 Å². The van der Waals surface area contributed by atoms with E-state index in [1.807, 2.05) is 19.1 Å². The van der Waals surface area contributed by atoms with E-state index < -0.39 is 44.8 Å². The summed E-state index contributed by atoms with van der Waals surface area (Å²) in [4.78, 5) is 59.5. The van der Waals surface area contributed by atoms with Crippen molar-refractivity contribution in [2.75, 3.05) is 19.0 Å². The Morgan fingerprint density at radius 2 is 1.68 bits per heavy atom. The number of carbonyl (C=O) groups is 3. The summed E-state index contributed by atoms with van der Waals surface area (Å²) in [7, 11) is 1.33. The molecule has 0 spiro atoms. The maximum atomic E-state index is 12.9. The summed E-state index contributed by atoms with van der Waals surface area (Å²) in [6, 6.07) is 14.4. The first kappa shape index (κ1) is 27.8. The quantitative estimate of drug-likeness (QED) is 0.205. The Balaban J connectivity index is 1.50. The van der Waals surface area contributed by atoms with Crippen LogP contribution in [0.25, 0.3) is 6.08 Å². The molecule has 40 heavy (non-hydrogen) atoms. The number of hydrogen-bond donors (Lipinski definition) is 1. The number of nitro groups is 2. The van der Waals surface area contributed by atoms with Gasteiger partial charge >= 0.3 is 5.69 Å². The highest BCUT2D eigenvalue weighted by atomic mass is 32.2. The first-order chi connectivity index (χ1) is 19.0. The van der Waals surface area contributed by atoms with Gasteiger partial charge in [-0.15, -0.1) is 0 Å². The zero-order valence-corrected chi connectivity index (χ0v) is 21.8. The standard InChI is InChI=1S/C26H20N4O9S/c1-15-3-6-17(7-4-15)27-24(31)14-28-25(32)23(40-26(28)33)12-16-5-9-21(22(11-16)38-2)39-20-10-8-18(29(34)35)13-19(20)30(36)37/h3-13H,14H2,1-2H3,(H,27,31)/b23-12+. The van der Waals surface area contributed by atoms with E-state index in [0.29, 0.717) is 23.0 Å². The van der Waals surface area contributed by atoms with Crippen LogP contribution in [0.15, 0.2) is 65.6 Å². The van der Waals surface area contributed by atoms with Gasteiger partial charge in [0.1, 0.15) is 6.54 Å². The number of ether oxygens (including phenoxy) is 2. The van der Waals surface area contributed by atoms with Crippen molar-refractivity contribution in [1.82, 2.24) is 4.90 Å². The number of thioether (sulfide) groups is 1. The number of non-ortho nitro benzene ring substituents is 1. The van der Waals surface area contributed by atoms with Crippen LogP contribution < -0.4 is 14.8 Å². The molecular formula is C26H20N4O9S. The Bertz CT molecular complexity index is 1570. The zero-order valence-electron chi connectivity index (χ0n) is 21.0. The molecule has 3 aromatic rings. The van der Waals surface area contributed by atoms with E-state index in [0.717, 1.165) is 28.7 Å². The highest BCUT2D eigenvalue weighted by Crippen LogP contribution is 2.39. The van der Waals surface area contributed by atoms with Crippen LogP contribution in [-0.4, -0.2) is 45.5 Å². The van der Waals surface area contributed by atoms with Crippen LogP contribution in [0.1, 0.15) is 11.1 Å². The molecule has 0 aliphatic carbocycles. The molecule has 1 N–H and O–H groups in total. The van der Waals surface area contributed by atoms with Gasteiger partial charge in [-0.25, -0.2) is 0 Å². The van der Waals surface area contributed by atoms with Gasteiger partial charge in [0.15, 0.2) is 11.5 Å². The lowest BCUT2D eigenvalue weighted by molar-refractivity contribution is -0.394. The second-order valence-corrected chi connectivity index (χ2v) is 9.35. The number of aryl methyl sites for hydroxylation is 1. The second kappa shape index (κ2) is 11.7. The Morgan fingerprint density at radius 1 is 0.975 bits per heavy atom. The monoisotopic (exact) mass is 564 g/mol. The third kappa shape index (κ3) is 6.24. The van der Waals surface area contributed by atoms with E-state index in [2.05, 4.69) is 5.32 Å². The van der Waals surface area contributed by atoms with Crippen molar-refractivity contribution < 1.29 is 33.7 Å². The van der Waals surface area contributed by atoms with E-state index >= 15 is 0 Å². The van der Waals surface area contributed by atoms with Crippen LogP contribution in [0, 0.1) is 27.2 Å². The lowest BCUT2D eigenvalue weighted by Crippen LogP contribution is -2.36. The number of benzene rings is 3. The van der Waals surface area contributed by atoms with Crippen molar-refractivity contribution in [2.45, 2.75) is 6.92 Å². The van der Waals surface area contributed by atoms with Gasteiger partial charge in [-0.2, -0.15) is 0 Å². The van der Waals surface area contributed by atoms with Gasteiger partial charge in [0, 0.05) is 11.8 Å². The van der Waals surface area contributed by atoms with Gasteiger partial charge in [0.2, 0.25) is 11.7 Å². The number of amides is 3. The maximum Gasteiger partial charge on any atom is 0.318 e. The molecule has 3 amide bonds. The second-order valence-electron chi connectivity index (χ2n) is 8.36. The minimum Gasteiger partial charge on any atom is -0.493 e. The lowest BCUT2D eigenvalue weighted by Gasteiger charge is -2.12. The molecule has 1 fully saturated rings. The molecule has 4 rings (SSSR count). The average Bonchev–Trinajstić information content (AvgIpc) is 3.17. The zero-order chi connectivity index (χ0) is 29.0. The molecule has 13 nitrogen and oxygen atoms in total. The van der Waals surface area contributed by atoms with Crippen LogP contribution >= 0.6 is 11.8 Å². The summed E-state index contributed by atoms with van der Waals surface area (Å²) in [5, 5.41) is 24.4. The van der Waals surface area contributed by atoms with Gasteiger partial charge in [-0.05, 0) is 60.7 Å². The number of rotatable bonds is 9. The molecule has 1 saturated heterocycles. The molecule has 0 saturated carbocycles. The fourth-order valence-corrected chi connectivity index (χ4v) is 4.43. The fraction of sp³-hybridized carbons (Fsp3) is 0.115. The van der Waals surface area contributed by atoms with Gasteiger partial charge in [0.25, 0.3) is 16.8 Å². The van der Waals surface area contributed by atoms with E-state index in [-0.39, 0.29) is 22.2 Å². The minimum absolute atomic E-state index is 0.0671. The van der Waals surface area contributed by atoms with Crippen LogP contribution in [0.4, 0.5) is 21.9 Å². The predicted octanol–water partition coefficient (Wildman–Crippen LogP) is 5.29. The van der Waals surface area contributed by atoms with Crippen molar-refractivity contribution >= 4 is 52.0 Å². The number of nitro benzene ring substituents is 2. The van der Waals surface area contributed by atoms with Crippen LogP contribution in [-0.2, 0) is 9.59 Å². The minimum atomic E-state index is -0.805. The third-order valence-electron chi connectivity index (χ3n) is 5.57. The Morgan fingerprint density at radius 3 is 2.33 bits per heavy atom. The van der Waals surface area contributed by atoms with Crippen molar-refractivity contribution in [3.8, 4) is 17.2 Å². The SMILES string of the molecule is COc1cc(/C=C2/SC(=O)N(CC(=O)Nc3ccc(C)cc3)C2=O)ccc1Oc1ccc([N+](=O)[O-])cc1[N+](=O)[O-]. The van der Waals surface area contributed by atoms with Crippen molar-refractivity contribution in [3.63, 3.8) is 0 Å². The van der Waals surface area contributed by atoms with E-state index in [1.54, 1.807) is 12.1 Å².